The number of rotatable bonds is 11. The second-order valence-electron chi connectivity index (χ2n) is 19.6. The zero-order valence-corrected chi connectivity index (χ0v) is 40.0. The lowest BCUT2D eigenvalue weighted by Gasteiger charge is -2.37. The number of aromatic hydroxyl groups is 1. The molecule has 6 bridgehead atoms. The molecule has 16 heteroatoms. The van der Waals surface area contributed by atoms with Crippen molar-refractivity contribution in [3.8, 4) is 28.1 Å². The number of methoxy groups -OCH3 is 1. The van der Waals surface area contributed by atoms with Crippen LogP contribution in [0.3, 0.4) is 0 Å². The Morgan fingerprint density at radius 1 is 1.06 bits per heavy atom. The molecule has 0 spiro atoms. The van der Waals surface area contributed by atoms with Gasteiger partial charge in [-0.15, -0.1) is 0 Å². The van der Waals surface area contributed by atoms with Crippen LogP contribution in [0.2, 0.25) is 0 Å². The third kappa shape index (κ3) is 9.96. The number of benzene rings is 2. The number of amides is 4. The molecule has 354 valence electrons. The minimum atomic E-state index is -1.18. The molecular formula is C50H66N8O8. The quantitative estimate of drug-likeness (QED) is 0.120. The summed E-state index contributed by atoms with van der Waals surface area (Å²) in [5.41, 5.74) is 8.77. The molecule has 66 heavy (non-hydrogen) atoms. The molecule has 4 aromatic rings. The van der Waals surface area contributed by atoms with Crippen molar-refractivity contribution in [1.29, 1.82) is 0 Å². The van der Waals surface area contributed by atoms with Crippen LogP contribution in [-0.2, 0) is 52.8 Å². The fourth-order valence-electron chi connectivity index (χ4n) is 9.50. The van der Waals surface area contributed by atoms with Gasteiger partial charge in [-0.1, -0.05) is 39.8 Å². The van der Waals surface area contributed by atoms with Gasteiger partial charge in [0, 0.05) is 75.3 Å². The lowest BCUT2D eigenvalue weighted by atomic mass is 9.84. The van der Waals surface area contributed by atoms with Crippen molar-refractivity contribution in [2.24, 2.45) is 11.3 Å². The molecule has 5 heterocycles. The molecule has 0 saturated carbocycles. The molecule has 4 amide bonds. The fourth-order valence-corrected chi connectivity index (χ4v) is 9.50. The number of phenolic OH excluding ortho intramolecular Hbond substituents is 1. The number of phenols is 1. The first-order valence-corrected chi connectivity index (χ1v) is 23.0. The summed E-state index contributed by atoms with van der Waals surface area (Å²) in [7, 11) is 4.75. The van der Waals surface area contributed by atoms with E-state index in [1.54, 1.807) is 39.4 Å². The first kappa shape index (κ1) is 48.1. The molecule has 1 unspecified atom stereocenters. The standard InChI is InChI=1S/C50H66N8O8/c1-11-57-40-17-16-32-24-36(40)37(44(57)35-14-12-18-51-42(35)30(4)65-10)25-49(5,6)28-66-47(63)38-15-13-19-58(54-38)46(62)39(22-31-20-33(32)23-34(59)21-31)53-45(61)43(29(2)3)56(9)41(60)26-55(8)48(64)50(7)27-52-50/h12,14,16-18,20-21,23-24,29-30,38-39,43,52,54,59H,11,13,15,19,22,25-28H2,1-10H3,(H,53,61)/t30-,38-,39-,43?,50+/m0/s1. The number of hydrogen-bond donors (Lipinski definition) is 4. The van der Waals surface area contributed by atoms with Crippen LogP contribution in [0.25, 0.3) is 33.3 Å². The van der Waals surface area contributed by atoms with Crippen LogP contribution < -0.4 is 16.1 Å². The highest BCUT2D eigenvalue weighted by Crippen LogP contribution is 2.42. The number of cyclic esters (lactones) is 1. The molecule has 2 aromatic carbocycles. The van der Waals surface area contributed by atoms with E-state index in [1.165, 1.54) is 21.9 Å². The van der Waals surface area contributed by atoms with E-state index in [1.807, 2.05) is 39.0 Å². The van der Waals surface area contributed by atoms with Gasteiger partial charge in [0.25, 0.3) is 5.91 Å². The zero-order valence-electron chi connectivity index (χ0n) is 40.0. The molecule has 3 aliphatic heterocycles. The number of hydrazine groups is 1. The Labute approximate surface area is 387 Å². The maximum Gasteiger partial charge on any atom is 0.324 e. The summed E-state index contributed by atoms with van der Waals surface area (Å²) < 4.78 is 14.2. The Kier molecular flexibility index (Phi) is 14.0. The Balaban J connectivity index is 1.30. The first-order valence-electron chi connectivity index (χ1n) is 23.0. The zero-order chi connectivity index (χ0) is 47.8. The Morgan fingerprint density at radius 2 is 1.80 bits per heavy atom. The Hall–Kier alpha value is -5.84. The summed E-state index contributed by atoms with van der Waals surface area (Å²) in [4.78, 5) is 77.1. The number of pyridine rings is 1. The normalized spacial score (nSPS) is 21.7. The van der Waals surface area contributed by atoms with Crippen LogP contribution in [0.15, 0.2) is 54.7 Å². The van der Waals surface area contributed by atoms with Crippen LogP contribution >= 0.6 is 0 Å². The highest BCUT2D eigenvalue weighted by Gasteiger charge is 2.47. The van der Waals surface area contributed by atoms with E-state index < -0.39 is 52.8 Å². The van der Waals surface area contributed by atoms with Crippen molar-refractivity contribution in [1.82, 2.24) is 40.4 Å². The molecule has 2 fully saturated rings. The number of fused-ring (bicyclic) bond motifs is 6. The largest absolute Gasteiger partial charge is 0.508 e. The third-order valence-corrected chi connectivity index (χ3v) is 13.3. The van der Waals surface area contributed by atoms with Crippen LogP contribution in [0.4, 0.5) is 0 Å². The Bertz CT molecular complexity index is 2510. The molecule has 0 aliphatic carbocycles. The maximum absolute atomic E-state index is 14.7. The predicted molar refractivity (Wildman–Crippen MR) is 251 cm³/mol. The summed E-state index contributed by atoms with van der Waals surface area (Å²) in [5, 5.41) is 19.7. The van der Waals surface area contributed by atoms with E-state index in [2.05, 4.69) is 59.6 Å². The van der Waals surface area contributed by atoms with Gasteiger partial charge < -0.3 is 39.6 Å². The molecule has 0 radical (unpaired) electrons. The highest BCUT2D eigenvalue weighted by atomic mass is 16.5. The monoisotopic (exact) mass is 907 g/mol. The van der Waals surface area contributed by atoms with Gasteiger partial charge in [0.2, 0.25) is 17.7 Å². The van der Waals surface area contributed by atoms with Gasteiger partial charge in [0.15, 0.2) is 0 Å². The second kappa shape index (κ2) is 19.2. The number of carbonyl (C=O) groups excluding carboxylic acids is 5. The van der Waals surface area contributed by atoms with Crippen LogP contribution in [0.5, 0.6) is 5.75 Å². The molecule has 3 aliphatic rings. The number of nitrogens with zero attached hydrogens (tertiary/aromatic N) is 5. The minimum absolute atomic E-state index is 0.0190. The fraction of sp³-hybridized carbons (Fsp3) is 0.520. The minimum Gasteiger partial charge on any atom is -0.508 e. The number of hydrogen-bond acceptors (Lipinski definition) is 11. The van der Waals surface area contributed by atoms with Crippen LogP contribution in [0.1, 0.15) is 84.2 Å². The van der Waals surface area contributed by atoms with E-state index in [0.717, 1.165) is 39.0 Å². The number of nitrogens with one attached hydrogen (secondary N) is 3. The molecule has 2 aromatic heterocycles. The lowest BCUT2D eigenvalue weighted by molar-refractivity contribution is -0.155. The number of ether oxygens (including phenoxy) is 2. The summed E-state index contributed by atoms with van der Waals surface area (Å²) >= 11 is 0. The van der Waals surface area contributed by atoms with Crippen molar-refractivity contribution in [3.05, 3.63) is 71.5 Å². The summed E-state index contributed by atoms with van der Waals surface area (Å²) in [5.74, 6) is -2.60. The van der Waals surface area contributed by atoms with Crippen molar-refractivity contribution in [2.45, 2.75) is 110 Å². The molecule has 5 atom stereocenters. The number of aryl methyl sites for hydroxylation is 1. The third-order valence-electron chi connectivity index (χ3n) is 13.3. The van der Waals surface area contributed by atoms with E-state index in [9.17, 15) is 29.1 Å². The summed E-state index contributed by atoms with van der Waals surface area (Å²) in [6, 6.07) is 12.4. The number of carbonyl (C=O) groups is 5. The second-order valence-corrected chi connectivity index (χ2v) is 19.6. The topological polar surface area (TPSA) is 198 Å². The average molecular weight is 907 g/mol. The number of aromatic nitrogens is 2. The van der Waals surface area contributed by atoms with Crippen LogP contribution in [-0.4, -0.2) is 130 Å². The van der Waals surface area contributed by atoms with E-state index in [0.29, 0.717) is 43.5 Å². The maximum atomic E-state index is 14.7. The average Bonchev–Trinajstić information content (AvgIpc) is 3.98. The highest BCUT2D eigenvalue weighted by molar-refractivity contribution is 5.97. The first-order chi connectivity index (χ1) is 31.2. The molecule has 7 rings (SSSR count). The number of likely N-dealkylation sites (N-methyl/N-ethyl adjacent to an activating group) is 2. The van der Waals surface area contributed by atoms with Crippen LogP contribution in [0, 0.1) is 11.3 Å². The summed E-state index contributed by atoms with van der Waals surface area (Å²) in [6.07, 6.45) is 2.93. The van der Waals surface area contributed by atoms with E-state index in [4.69, 9.17) is 14.5 Å². The van der Waals surface area contributed by atoms with Gasteiger partial charge >= 0.3 is 5.97 Å². The van der Waals surface area contributed by atoms with Gasteiger partial charge in [0.1, 0.15) is 29.4 Å². The van der Waals surface area contributed by atoms with Crippen molar-refractivity contribution in [2.75, 3.05) is 47.4 Å². The van der Waals surface area contributed by atoms with E-state index in [-0.39, 0.29) is 49.8 Å². The summed E-state index contributed by atoms with van der Waals surface area (Å²) in [6.45, 7) is 14.9. The SMILES string of the molecule is CCn1c(-c2cccnc2[C@H](C)OC)c2c3cc(ccc31)-c1cc(O)cc(c1)C[C@H](NC(=O)C(C(C)C)N(C)C(=O)CN(C)C(=O)[C@@]1(C)CN1)C(=O)N1CCC[C@H](N1)C(=O)OCC(C)(C)C2. The molecule has 16 nitrogen and oxygen atoms in total. The van der Waals surface area contributed by atoms with Gasteiger partial charge in [0.05, 0.1) is 30.6 Å². The number of esters is 1. The van der Waals surface area contributed by atoms with Crippen molar-refractivity contribution < 1.29 is 38.6 Å². The van der Waals surface area contributed by atoms with Gasteiger partial charge in [-0.2, -0.15) is 0 Å². The van der Waals surface area contributed by atoms with Gasteiger partial charge in [-0.25, -0.2) is 5.43 Å². The molecule has 2 saturated heterocycles. The Morgan fingerprint density at radius 3 is 2.48 bits per heavy atom. The van der Waals surface area contributed by atoms with Gasteiger partial charge in [-0.3, -0.25) is 34.0 Å². The van der Waals surface area contributed by atoms with Crippen molar-refractivity contribution >= 4 is 40.5 Å². The molecular weight excluding hydrogens is 841 g/mol. The van der Waals surface area contributed by atoms with Gasteiger partial charge in [-0.05, 0) is 105 Å². The van der Waals surface area contributed by atoms with E-state index >= 15 is 0 Å². The van der Waals surface area contributed by atoms with Crippen molar-refractivity contribution in [3.63, 3.8) is 0 Å². The lowest BCUT2D eigenvalue weighted by Crippen LogP contribution is -2.62. The predicted octanol–water partition coefficient (Wildman–Crippen LogP) is 4.75. The smallest absolute Gasteiger partial charge is 0.324 e. The molecule has 4 N–H and O–H groups in total.